The molecule has 0 unspecified atom stereocenters. The van der Waals surface area contributed by atoms with Crippen LogP contribution in [-0.4, -0.2) is 4.57 Å². The molecule has 0 amide bonds. The van der Waals surface area contributed by atoms with Gasteiger partial charge in [-0.05, 0) is 167 Å². The van der Waals surface area contributed by atoms with Gasteiger partial charge in [0.2, 0.25) is 0 Å². The number of hydrogen-bond donors (Lipinski definition) is 0. The predicted octanol–water partition coefficient (Wildman–Crippen LogP) is 19.9. The molecular weight excluding hydrogens is 929 g/mol. The molecule has 77 heavy (non-hydrogen) atoms. The Morgan fingerprint density at radius 3 is 1.45 bits per heavy atom. The molecule has 1 aromatic heterocycles. The molecule has 0 saturated heterocycles. The Hall–Kier alpha value is -10.0. The van der Waals surface area contributed by atoms with Crippen molar-refractivity contribution in [3.05, 3.63) is 326 Å². The van der Waals surface area contributed by atoms with Gasteiger partial charge in [0, 0.05) is 33.5 Å². The van der Waals surface area contributed by atoms with Gasteiger partial charge in [0.15, 0.2) is 0 Å². The van der Waals surface area contributed by atoms with Gasteiger partial charge in [-0.3, -0.25) is 0 Å². The predicted molar refractivity (Wildman–Crippen MR) is 324 cm³/mol. The summed E-state index contributed by atoms with van der Waals surface area (Å²) in [6.07, 6.45) is 0. The van der Waals surface area contributed by atoms with Crippen molar-refractivity contribution < 1.29 is 0 Å². The van der Waals surface area contributed by atoms with Gasteiger partial charge in [-0.15, -0.1) is 0 Å². The highest BCUT2D eigenvalue weighted by molar-refractivity contribution is 6.11. The number of benzene rings is 13. The Morgan fingerprint density at radius 1 is 0.260 bits per heavy atom. The van der Waals surface area contributed by atoms with E-state index in [-0.39, 0.29) is 0 Å². The molecule has 360 valence electrons. The minimum absolute atomic E-state index is 0.524. The molecule has 15 rings (SSSR count). The summed E-state index contributed by atoms with van der Waals surface area (Å²) in [6.45, 7) is 0. The van der Waals surface area contributed by atoms with E-state index in [1.165, 1.54) is 110 Å². The summed E-state index contributed by atoms with van der Waals surface area (Å²) in [7, 11) is 0. The van der Waals surface area contributed by atoms with E-state index >= 15 is 0 Å². The summed E-state index contributed by atoms with van der Waals surface area (Å²) in [5, 5.41) is 7.45. The molecule has 14 aromatic rings. The quantitative estimate of drug-likeness (QED) is 0.140. The van der Waals surface area contributed by atoms with Crippen molar-refractivity contribution >= 4 is 60.4 Å². The molecule has 1 heterocycles. The fraction of sp³-hybridized carbons (Fsp3) is 0.0133. The Labute approximate surface area is 448 Å². The van der Waals surface area contributed by atoms with Crippen LogP contribution in [0.4, 0.5) is 17.1 Å². The number of anilines is 3. The zero-order valence-electron chi connectivity index (χ0n) is 42.3. The lowest BCUT2D eigenvalue weighted by atomic mass is 9.67. The molecule has 2 nitrogen and oxygen atoms in total. The molecule has 1 aliphatic carbocycles. The third-order valence-electron chi connectivity index (χ3n) is 16.2. The fourth-order valence-electron chi connectivity index (χ4n) is 12.6. The second-order valence-electron chi connectivity index (χ2n) is 20.4. The minimum Gasteiger partial charge on any atom is -0.310 e. The van der Waals surface area contributed by atoms with Gasteiger partial charge in [0.1, 0.15) is 0 Å². The largest absolute Gasteiger partial charge is 0.310 e. The number of para-hydroxylation sites is 1. The van der Waals surface area contributed by atoms with Gasteiger partial charge in [-0.1, -0.05) is 224 Å². The lowest BCUT2D eigenvalue weighted by Gasteiger charge is -2.35. The summed E-state index contributed by atoms with van der Waals surface area (Å²) >= 11 is 0. The smallest absolute Gasteiger partial charge is 0.0714 e. The van der Waals surface area contributed by atoms with Crippen LogP contribution in [0.5, 0.6) is 0 Å². The molecule has 1 aliphatic rings. The van der Waals surface area contributed by atoms with E-state index in [9.17, 15) is 0 Å². The first kappa shape index (κ1) is 44.5. The highest BCUT2D eigenvalue weighted by Gasteiger charge is 2.46. The molecule has 0 fully saturated rings. The van der Waals surface area contributed by atoms with Crippen molar-refractivity contribution in [3.63, 3.8) is 0 Å². The molecule has 0 saturated carbocycles. The normalized spacial score (nSPS) is 12.5. The van der Waals surface area contributed by atoms with Gasteiger partial charge < -0.3 is 9.47 Å². The van der Waals surface area contributed by atoms with E-state index in [1.807, 2.05) is 0 Å². The fourth-order valence-corrected chi connectivity index (χ4v) is 12.6. The third kappa shape index (κ3) is 7.33. The van der Waals surface area contributed by atoms with Crippen molar-refractivity contribution in [1.29, 1.82) is 0 Å². The van der Waals surface area contributed by atoms with Crippen LogP contribution in [0.2, 0.25) is 0 Å². The van der Waals surface area contributed by atoms with Crippen LogP contribution in [-0.2, 0) is 5.41 Å². The number of fused-ring (bicyclic) bond motifs is 8. The van der Waals surface area contributed by atoms with E-state index in [0.717, 1.165) is 22.6 Å². The number of nitrogens with zero attached hydrogens (tertiary/aromatic N) is 2. The van der Waals surface area contributed by atoms with Gasteiger partial charge in [-0.25, -0.2) is 0 Å². The van der Waals surface area contributed by atoms with Crippen molar-refractivity contribution in [2.24, 2.45) is 0 Å². The van der Waals surface area contributed by atoms with Crippen molar-refractivity contribution in [2.45, 2.75) is 5.41 Å². The summed E-state index contributed by atoms with van der Waals surface area (Å²) in [5.74, 6) is 0. The first-order valence-corrected chi connectivity index (χ1v) is 26.6. The molecular formula is C75H50N2. The zero-order chi connectivity index (χ0) is 50.9. The summed E-state index contributed by atoms with van der Waals surface area (Å²) in [6, 6.07) is 112. The van der Waals surface area contributed by atoms with Gasteiger partial charge >= 0.3 is 0 Å². The second kappa shape index (κ2) is 18.1. The first-order chi connectivity index (χ1) is 38.2. The molecule has 0 atom stereocenters. The Balaban J connectivity index is 0.833. The molecule has 2 heteroatoms. The molecule has 0 spiro atoms. The first-order valence-electron chi connectivity index (χ1n) is 26.6. The summed E-state index contributed by atoms with van der Waals surface area (Å²) < 4.78 is 2.41. The Morgan fingerprint density at radius 2 is 0.753 bits per heavy atom. The van der Waals surface area contributed by atoms with Crippen LogP contribution in [0.15, 0.2) is 303 Å². The van der Waals surface area contributed by atoms with E-state index in [0.29, 0.717) is 0 Å². The second-order valence-corrected chi connectivity index (χ2v) is 20.4. The maximum Gasteiger partial charge on any atom is 0.0714 e. The zero-order valence-corrected chi connectivity index (χ0v) is 42.3. The van der Waals surface area contributed by atoms with E-state index in [1.54, 1.807) is 0 Å². The highest BCUT2D eigenvalue weighted by Crippen LogP contribution is 2.57. The van der Waals surface area contributed by atoms with Crippen molar-refractivity contribution in [1.82, 2.24) is 4.57 Å². The van der Waals surface area contributed by atoms with Crippen molar-refractivity contribution in [3.8, 4) is 50.2 Å². The van der Waals surface area contributed by atoms with E-state index < -0.39 is 5.41 Å². The SMILES string of the molecule is c1ccc(C2(c3ccccc3)c3ccccc3-c3ccc(N(c4ccc(-c5cccc(-c6ccc7c(c6)c6ccccc6n7-c6ccc7ccccc7c6)c5)cc4)c4ccc(-c5ccc6ccccc6c5)cc4)cc32)cc1. The van der Waals surface area contributed by atoms with Gasteiger partial charge in [0.05, 0.1) is 16.4 Å². The third-order valence-corrected chi connectivity index (χ3v) is 16.2. The van der Waals surface area contributed by atoms with Gasteiger partial charge in [-0.2, -0.15) is 0 Å². The van der Waals surface area contributed by atoms with Crippen LogP contribution in [0.25, 0.3) is 93.5 Å². The number of aromatic nitrogens is 1. The summed E-state index contributed by atoms with van der Waals surface area (Å²) in [5.41, 5.74) is 21.0. The molecule has 0 radical (unpaired) electrons. The lowest BCUT2D eigenvalue weighted by Crippen LogP contribution is -2.28. The summed E-state index contributed by atoms with van der Waals surface area (Å²) in [4.78, 5) is 2.43. The van der Waals surface area contributed by atoms with Gasteiger partial charge in [0.25, 0.3) is 0 Å². The Kier molecular flexibility index (Phi) is 10.5. The average Bonchev–Trinajstić information content (AvgIpc) is 4.22. The maximum absolute atomic E-state index is 2.46. The van der Waals surface area contributed by atoms with Crippen LogP contribution in [0.1, 0.15) is 22.3 Å². The monoisotopic (exact) mass is 978 g/mol. The molecule has 13 aromatic carbocycles. The van der Waals surface area contributed by atoms with E-state index in [2.05, 4.69) is 313 Å². The van der Waals surface area contributed by atoms with Crippen LogP contribution in [0, 0.1) is 0 Å². The Bertz CT molecular complexity index is 4510. The van der Waals surface area contributed by atoms with Crippen molar-refractivity contribution in [2.75, 3.05) is 4.90 Å². The van der Waals surface area contributed by atoms with E-state index in [4.69, 9.17) is 0 Å². The van der Waals surface area contributed by atoms with Crippen LogP contribution < -0.4 is 4.90 Å². The van der Waals surface area contributed by atoms with Crippen LogP contribution >= 0.6 is 0 Å². The minimum atomic E-state index is -0.524. The average molecular weight is 979 g/mol. The standard InChI is InChI=1S/C75H50N2/c1-3-22-61(23-4-1)75(62-24-5-2-6-25-62)71-28-13-11-26-67(71)68-44-43-66(50-72(68)75)76(64-40-34-54(35-41-64)59-31-30-51-16-7-9-18-55(51)47-59)63-38-32-53(33-39-63)56-20-15-21-57(46-56)60-37-45-74-70(49-60)69-27-12-14-29-73(69)77(74)65-42-36-52-17-8-10-19-58(52)48-65/h1-50H. The molecule has 0 bridgehead atoms. The number of rotatable bonds is 9. The molecule has 0 aliphatic heterocycles. The topological polar surface area (TPSA) is 8.17 Å². The maximum atomic E-state index is 2.46. The number of hydrogen-bond acceptors (Lipinski definition) is 1. The lowest BCUT2D eigenvalue weighted by molar-refractivity contribution is 0.768. The van der Waals surface area contributed by atoms with Crippen LogP contribution in [0.3, 0.4) is 0 Å². The highest BCUT2D eigenvalue weighted by atomic mass is 15.1. The molecule has 0 N–H and O–H groups in total.